The molecule has 1 saturated carbocycles. The van der Waals surface area contributed by atoms with Crippen molar-refractivity contribution in [2.75, 3.05) is 20.1 Å². The van der Waals surface area contributed by atoms with Gasteiger partial charge in [0.25, 0.3) is 0 Å². The second-order valence-electron chi connectivity index (χ2n) is 5.32. The molecule has 6 heteroatoms. The van der Waals surface area contributed by atoms with Gasteiger partial charge in [-0.2, -0.15) is 0 Å². The monoisotopic (exact) mass is 295 g/mol. The molecule has 20 heavy (non-hydrogen) atoms. The quantitative estimate of drug-likeness (QED) is 0.793. The number of carbonyl (C=O) groups is 2. The lowest BCUT2D eigenvalue weighted by Crippen LogP contribution is -2.41. The van der Waals surface area contributed by atoms with Crippen molar-refractivity contribution in [3.8, 4) is 0 Å². The largest absolute Gasteiger partial charge is 0.352 e. The van der Waals surface area contributed by atoms with Gasteiger partial charge in [-0.05, 0) is 38.3 Å². The topological polar surface area (TPSA) is 61.4 Å². The maximum absolute atomic E-state index is 11.9. The molecule has 1 unspecified atom stereocenters. The molecule has 2 amide bonds. The number of carbonyl (C=O) groups excluding carboxylic acids is 2. The third kappa shape index (κ3) is 4.94. The molecule has 1 heterocycles. The number of thiophene rings is 1. The average molecular weight is 295 g/mol. The van der Waals surface area contributed by atoms with Gasteiger partial charge in [0, 0.05) is 10.9 Å². The fourth-order valence-electron chi connectivity index (χ4n) is 1.94. The molecule has 1 atom stereocenters. The molecule has 1 aliphatic rings. The summed E-state index contributed by atoms with van der Waals surface area (Å²) in [5.74, 6) is -0.0678. The Hall–Kier alpha value is -1.40. The van der Waals surface area contributed by atoms with Gasteiger partial charge in [-0.25, -0.2) is 0 Å². The normalized spacial score (nSPS) is 15.9. The lowest BCUT2D eigenvalue weighted by molar-refractivity contribution is -0.124. The van der Waals surface area contributed by atoms with Gasteiger partial charge in [0.05, 0.1) is 19.1 Å². The van der Waals surface area contributed by atoms with E-state index < -0.39 is 0 Å². The van der Waals surface area contributed by atoms with E-state index in [2.05, 4.69) is 10.6 Å². The summed E-state index contributed by atoms with van der Waals surface area (Å²) in [5, 5.41) is 7.84. The molecule has 0 spiro atoms. The van der Waals surface area contributed by atoms with Crippen LogP contribution in [0.5, 0.6) is 0 Å². The van der Waals surface area contributed by atoms with Crippen molar-refractivity contribution in [2.45, 2.75) is 31.8 Å². The number of amides is 2. The van der Waals surface area contributed by atoms with E-state index in [-0.39, 0.29) is 30.9 Å². The zero-order chi connectivity index (χ0) is 14.5. The lowest BCUT2D eigenvalue weighted by atomic mass is 10.2. The molecule has 1 aliphatic carbocycles. The molecule has 110 valence electrons. The molecule has 0 aromatic carbocycles. The first kappa shape index (κ1) is 15.0. The minimum absolute atomic E-state index is 0.00546. The van der Waals surface area contributed by atoms with Crippen LogP contribution in [-0.2, 0) is 9.59 Å². The maximum atomic E-state index is 11.9. The van der Waals surface area contributed by atoms with E-state index in [1.807, 2.05) is 24.4 Å². The van der Waals surface area contributed by atoms with Crippen LogP contribution in [0.1, 0.15) is 30.7 Å². The van der Waals surface area contributed by atoms with E-state index in [4.69, 9.17) is 0 Å². The van der Waals surface area contributed by atoms with E-state index in [0.29, 0.717) is 6.04 Å². The summed E-state index contributed by atoms with van der Waals surface area (Å²) in [6.07, 6.45) is 2.16. The highest BCUT2D eigenvalue weighted by atomic mass is 32.1. The van der Waals surface area contributed by atoms with Crippen molar-refractivity contribution >= 4 is 23.2 Å². The first-order valence-electron chi connectivity index (χ1n) is 6.85. The van der Waals surface area contributed by atoms with Crippen LogP contribution in [0.3, 0.4) is 0 Å². The Morgan fingerprint density at radius 2 is 2.10 bits per heavy atom. The van der Waals surface area contributed by atoms with Crippen LogP contribution in [0.25, 0.3) is 0 Å². The van der Waals surface area contributed by atoms with Crippen LogP contribution >= 0.6 is 11.3 Å². The highest BCUT2D eigenvalue weighted by Crippen LogP contribution is 2.18. The van der Waals surface area contributed by atoms with Crippen LogP contribution in [0.2, 0.25) is 0 Å². The molecule has 2 N–H and O–H groups in total. The molecule has 2 rings (SSSR count). The Labute approximate surface area is 123 Å². The van der Waals surface area contributed by atoms with Crippen LogP contribution in [0.4, 0.5) is 0 Å². The van der Waals surface area contributed by atoms with Gasteiger partial charge in [0.2, 0.25) is 11.8 Å². The van der Waals surface area contributed by atoms with Gasteiger partial charge >= 0.3 is 0 Å². The van der Waals surface area contributed by atoms with Gasteiger partial charge in [-0.15, -0.1) is 11.3 Å². The zero-order valence-corrected chi connectivity index (χ0v) is 12.7. The van der Waals surface area contributed by atoms with Crippen molar-refractivity contribution in [1.29, 1.82) is 0 Å². The van der Waals surface area contributed by atoms with Crippen molar-refractivity contribution in [3.63, 3.8) is 0 Å². The van der Waals surface area contributed by atoms with Crippen molar-refractivity contribution in [2.24, 2.45) is 0 Å². The minimum atomic E-state index is -0.0624. The summed E-state index contributed by atoms with van der Waals surface area (Å²) in [4.78, 5) is 26.4. The van der Waals surface area contributed by atoms with Gasteiger partial charge in [0.15, 0.2) is 0 Å². The van der Waals surface area contributed by atoms with Crippen molar-refractivity contribution in [3.05, 3.63) is 22.4 Å². The Balaban J connectivity index is 1.68. The summed E-state index contributed by atoms with van der Waals surface area (Å²) in [6.45, 7) is 2.45. The van der Waals surface area contributed by atoms with Crippen molar-refractivity contribution in [1.82, 2.24) is 15.5 Å². The van der Waals surface area contributed by atoms with Crippen LogP contribution < -0.4 is 10.6 Å². The Morgan fingerprint density at radius 3 is 2.70 bits per heavy atom. The lowest BCUT2D eigenvalue weighted by Gasteiger charge is -2.18. The molecule has 1 aromatic heterocycles. The Bertz CT molecular complexity index is 457. The van der Waals surface area contributed by atoms with Crippen molar-refractivity contribution < 1.29 is 9.59 Å². The highest BCUT2D eigenvalue weighted by Gasteiger charge is 2.23. The summed E-state index contributed by atoms with van der Waals surface area (Å²) in [5.41, 5.74) is 0. The predicted octanol–water partition coefficient (Wildman–Crippen LogP) is 1.14. The Morgan fingerprint density at radius 1 is 1.40 bits per heavy atom. The van der Waals surface area contributed by atoms with Gasteiger partial charge in [0.1, 0.15) is 0 Å². The first-order chi connectivity index (χ1) is 9.54. The van der Waals surface area contributed by atoms with E-state index in [1.54, 1.807) is 23.3 Å². The standard InChI is InChI=1S/C14H21N3O2S/c1-10(12-4-3-7-20-12)15-13(18)8-17(2)9-14(19)16-11-5-6-11/h3-4,7,10-11H,5-6,8-9H2,1-2H3,(H,15,18)(H,16,19). The molecule has 5 nitrogen and oxygen atoms in total. The third-order valence-corrected chi connectivity index (χ3v) is 4.17. The predicted molar refractivity (Wildman–Crippen MR) is 79.5 cm³/mol. The van der Waals surface area contributed by atoms with E-state index in [9.17, 15) is 9.59 Å². The van der Waals surface area contributed by atoms with Crippen LogP contribution in [0, 0.1) is 0 Å². The number of nitrogens with zero attached hydrogens (tertiary/aromatic N) is 1. The van der Waals surface area contributed by atoms with Gasteiger partial charge in [-0.1, -0.05) is 6.07 Å². The minimum Gasteiger partial charge on any atom is -0.352 e. The summed E-state index contributed by atoms with van der Waals surface area (Å²) >= 11 is 1.62. The van der Waals surface area contributed by atoms with Gasteiger partial charge < -0.3 is 10.6 Å². The van der Waals surface area contributed by atoms with E-state index in [0.717, 1.165) is 17.7 Å². The molecule has 0 saturated heterocycles. The van der Waals surface area contributed by atoms with E-state index >= 15 is 0 Å². The van der Waals surface area contributed by atoms with E-state index in [1.165, 1.54) is 0 Å². The second kappa shape index (κ2) is 6.85. The molecule has 0 bridgehead atoms. The number of nitrogens with one attached hydrogen (secondary N) is 2. The smallest absolute Gasteiger partial charge is 0.234 e. The number of likely N-dealkylation sites (N-methyl/N-ethyl adjacent to an activating group) is 1. The molecular formula is C14H21N3O2S. The number of hydrogen-bond acceptors (Lipinski definition) is 4. The zero-order valence-electron chi connectivity index (χ0n) is 11.9. The number of hydrogen-bond donors (Lipinski definition) is 2. The highest BCUT2D eigenvalue weighted by molar-refractivity contribution is 7.10. The molecular weight excluding hydrogens is 274 g/mol. The summed E-state index contributed by atoms with van der Waals surface area (Å²) in [7, 11) is 1.78. The fraction of sp³-hybridized carbons (Fsp3) is 0.571. The second-order valence-corrected chi connectivity index (χ2v) is 6.30. The fourth-order valence-corrected chi connectivity index (χ4v) is 2.68. The first-order valence-corrected chi connectivity index (χ1v) is 7.73. The summed E-state index contributed by atoms with van der Waals surface area (Å²) < 4.78 is 0. The van der Waals surface area contributed by atoms with Crippen LogP contribution in [-0.4, -0.2) is 42.9 Å². The van der Waals surface area contributed by atoms with Crippen LogP contribution in [0.15, 0.2) is 17.5 Å². The Kier molecular flexibility index (Phi) is 5.14. The molecule has 1 aromatic rings. The number of rotatable bonds is 7. The average Bonchev–Trinajstić information content (AvgIpc) is 2.99. The maximum Gasteiger partial charge on any atom is 0.234 e. The molecule has 0 radical (unpaired) electrons. The molecule has 0 aliphatic heterocycles. The summed E-state index contributed by atoms with van der Waals surface area (Å²) in [6, 6.07) is 4.35. The SMILES string of the molecule is CC(NC(=O)CN(C)CC(=O)NC1CC1)c1cccs1. The third-order valence-electron chi connectivity index (χ3n) is 3.12. The molecule has 1 fully saturated rings. The van der Waals surface area contributed by atoms with Gasteiger partial charge in [-0.3, -0.25) is 14.5 Å².